The van der Waals surface area contributed by atoms with Gasteiger partial charge in [-0.2, -0.15) is 0 Å². The highest BCUT2D eigenvalue weighted by Crippen LogP contribution is 2.37. The van der Waals surface area contributed by atoms with Crippen LogP contribution in [0.15, 0.2) is 78.9 Å². The van der Waals surface area contributed by atoms with Gasteiger partial charge in [0.25, 0.3) is 0 Å². The summed E-state index contributed by atoms with van der Waals surface area (Å²) in [6.45, 7) is 0. The van der Waals surface area contributed by atoms with Crippen molar-refractivity contribution in [2.45, 2.75) is 0 Å². The molecule has 25 heavy (non-hydrogen) atoms. The first-order chi connectivity index (χ1) is 12.2. The summed E-state index contributed by atoms with van der Waals surface area (Å²) in [6.07, 6.45) is 0. The highest BCUT2D eigenvalue weighted by Gasteiger charge is 2.12. The van der Waals surface area contributed by atoms with E-state index < -0.39 is 0 Å². The molecule has 0 unspecified atom stereocenters. The minimum atomic E-state index is 0.854. The Bertz CT molecular complexity index is 801. The Hall–Kier alpha value is -2.27. The molecule has 0 N–H and O–H groups in total. The van der Waals surface area contributed by atoms with Gasteiger partial charge in [-0.3, -0.25) is 0 Å². The highest BCUT2D eigenvalue weighted by atomic mass is 127. The molecule has 0 saturated carbocycles. The summed E-state index contributed by atoms with van der Waals surface area (Å²) in [7, 11) is 3.37. The molecule has 0 atom stereocenters. The SMILES string of the molecule is COc1ccc(C(=C(I)c2ccccc2)c2ccc(OC)cc2)cc1. The van der Waals surface area contributed by atoms with Gasteiger partial charge in [0.1, 0.15) is 11.5 Å². The Morgan fingerprint density at radius 1 is 0.600 bits per heavy atom. The quantitative estimate of drug-likeness (QED) is 0.354. The average molecular weight is 442 g/mol. The lowest BCUT2D eigenvalue weighted by Gasteiger charge is -2.14. The maximum atomic E-state index is 5.30. The molecular weight excluding hydrogens is 423 g/mol. The van der Waals surface area contributed by atoms with Crippen molar-refractivity contribution in [3.05, 3.63) is 95.6 Å². The summed E-state index contributed by atoms with van der Waals surface area (Å²) >= 11 is 2.43. The molecule has 0 aliphatic heterocycles. The van der Waals surface area contributed by atoms with Gasteiger partial charge in [0.2, 0.25) is 0 Å². The fourth-order valence-electron chi connectivity index (χ4n) is 2.66. The van der Waals surface area contributed by atoms with E-state index in [1.807, 2.05) is 30.3 Å². The molecule has 0 heterocycles. The molecule has 0 spiro atoms. The van der Waals surface area contributed by atoms with Crippen molar-refractivity contribution in [3.63, 3.8) is 0 Å². The Balaban J connectivity index is 2.16. The second kappa shape index (κ2) is 8.21. The molecule has 0 bridgehead atoms. The predicted octanol–water partition coefficient (Wildman–Crippen LogP) is 6.06. The maximum Gasteiger partial charge on any atom is 0.118 e. The van der Waals surface area contributed by atoms with Crippen LogP contribution < -0.4 is 9.47 Å². The third-order valence-electron chi connectivity index (χ3n) is 4.00. The topological polar surface area (TPSA) is 18.5 Å². The summed E-state index contributed by atoms with van der Waals surface area (Å²) in [4.78, 5) is 0. The molecule has 0 aliphatic rings. The monoisotopic (exact) mass is 442 g/mol. The first kappa shape index (κ1) is 17.5. The van der Waals surface area contributed by atoms with Crippen molar-refractivity contribution in [3.8, 4) is 11.5 Å². The number of hydrogen-bond acceptors (Lipinski definition) is 2. The van der Waals surface area contributed by atoms with Crippen molar-refractivity contribution >= 4 is 31.7 Å². The zero-order chi connectivity index (χ0) is 17.6. The van der Waals surface area contributed by atoms with E-state index in [0.717, 1.165) is 22.6 Å². The molecule has 0 aromatic heterocycles. The molecular formula is C22H19IO2. The molecule has 3 heteroatoms. The number of ether oxygens (including phenoxy) is 2. The van der Waals surface area contributed by atoms with E-state index in [2.05, 4.69) is 71.1 Å². The summed E-state index contributed by atoms with van der Waals surface area (Å²) in [5.41, 5.74) is 4.69. The van der Waals surface area contributed by atoms with Gasteiger partial charge < -0.3 is 9.47 Å². The van der Waals surface area contributed by atoms with Gasteiger partial charge in [0.05, 0.1) is 14.2 Å². The summed E-state index contributed by atoms with van der Waals surface area (Å²) in [6, 6.07) is 26.8. The van der Waals surface area contributed by atoms with Gasteiger partial charge in [-0.25, -0.2) is 0 Å². The lowest BCUT2D eigenvalue weighted by Crippen LogP contribution is -1.93. The lowest BCUT2D eigenvalue weighted by atomic mass is 9.95. The van der Waals surface area contributed by atoms with Gasteiger partial charge in [-0.05, 0) is 63.5 Å². The molecule has 0 radical (unpaired) electrons. The van der Waals surface area contributed by atoms with Crippen LogP contribution in [-0.4, -0.2) is 14.2 Å². The second-order valence-electron chi connectivity index (χ2n) is 5.51. The maximum absolute atomic E-state index is 5.30. The van der Waals surface area contributed by atoms with Gasteiger partial charge in [0, 0.05) is 9.15 Å². The van der Waals surface area contributed by atoms with Crippen LogP contribution in [0.5, 0.6) is 11.5 Å². The number of rotatable bonds is 5. The standard InChI is InChI=1S/C22H19IO2/c1-24-19-12-8-16(9-13-19)21(17-10-14-20(25-2)15-11-17)22(23)18-6-4-3-5-7-18/h3-15H,1-2H3. The van der Waals surface area contributed by atoms with Crippen molar-refractivity contribution in [1.29, 1.82) is 0 Å². The van der Waals surface area contributed by atoms with Crippen molar-refractivity contribution < 1.29 is 9.47 Å². The minimum Gasteiger partial charge on any atom is -0.497 e. The number of methoxy groups -OCH3 is 2. The highest BCUT2D eigenvalue weighted by molar-refractivity contribution is 14.1. The molecule has 126 valence electrons. The number of benzene rings is 3. The fourth-order valence-corrected chi connectivity index (χ4v) is 3.65. The lowest BCUT2D eigenvalue weighted by molar-refractivity contribution is 0.414. The molecule has 3 rings (SSSR count). The van der Waals surface area contributed by atoms with Gasteiger partial charge in [-0.15, -0.1) is 0 Å². The normalized spacial score (nSPS) is 10.2. The van der Waals surface area contributed by atoms with Crippen LogP contribution >= 0.6 is 22.6 Å². The first-order valence-electron chi connectivity index (χ1n) is 7.97. The predicted molar refractivity (Wildman–Crippen MR) is 112 cm³/mol. The van der Waals surface area contributed by atoms with Gasteiger partial charge >= 0.3 is 0 Å². The molecule has 0 amide bonds. The van der Waals surface area contributed by atoms with Crippen LogP contribution in [0.2, 0.25) is 0 Å². The first-order valence-corrected chi connectivity index (χ1v) is 9.05. The second-order valence-corrected chi connectivity index (χ2v) is 6.59. The minimum absolute atomic E-state index is 0.854. The Morgan fingerprint density at radius 3 is 1.44 bits per heavy atom. The zero-order valence-electron chi connectivity index (χ0n) is 14.2. The van der Waals surface area contributed by atoms with Crippen LogP contribution in [0.4, 0.5) is 0 Å². The Kier molecular flexibility index (Phi) is 5.76. The van der Waals surface area contributed by atoms with E-state index in [0.29, 0.717) is 0 Å². The van der Waals surface area contributed by atoms with Crippen LogP contribution in [-0.2, 0) is 0 Å². The third kappa shape index (κ3) is 4.04. The molecule has 0 fully saturated rings. The average Bonchev–Trinajstić information content (AvgIpc) is 2.70. The van der Waals surface area contributed by atoms with Crippen LogP contribution in [0.3, 0.4) is 0 Å². The Labute approximate surface area is 162 Å². The molecule has 3 aromatic rings. The summed E-state index contributed by atoms with van der Waals surface area (Å²) in [5.74, 6) is 1.71. The zero-order valence-corrected chi connectivity index (χ0v) is 16.4. The van der Waals surface area contributed by atoms with Crippen LogP contribution in [0.25, 0.3) is 9.15 Å². The smallest absolute Gasteiger partial charge is 0.118 e. The van der Waals surface area contributed by atoms with E-state index in [-0.39, 0.29) is 0 Å². The van der Waals surface area contributed by atoms with E-state index >= 15 is 0 Å². The van der Waals surface area contributed by atoms with E-state index in [1.165, 1.54) is 14.7 Å². The van der Waals surface area contributed by atoms with E-state index in [4.69, 9.17) is 9.47 Å². The van der Waals surface area contributed by atoms with Crippen LogP contribution in [0, 0.1) is 0 Å². The van der Waals surface area contributed by atoms with Crippen molar-refractivity contribution in [2.75, 3.05) is 14.2 Å². The third-order valence-corrected chi connectivity index (χ3v) is 5.17. The van der Waals surface area contributed by atoms with Crippen molar-refractivity contribution in [1.82, 2.24) is 0 Å². The summed E-state index contributed by atoms with van der Waals surface area (Å²) in [5, 5.41) is 0. The van der Waals surface area contributed by atoms with E-state index in [1.54, 1.807) is 14.2 Å². The molecule has 0 saturated heterocycles. The van der Waals surface area contributed by atoms with Crippen LogP contribution in [0.1, 0.15) is 16.7 Å². The fraction of sp³-hybridized carbons (Fsp3) is 0.0909. The summed E-state index contributed by atoms with van der Waals surface area (Å²) < 4.78 is 11.8. The Morgan fingerprint density at radius 2 is 1.04 bits per heavy atom. The number of hydrogen-bond donors (Lipinski definition) is 0. The van der Waals surface area contributed by atoms with E-state index in [9.17, 15) is 0 Å². The molecule has 3 aromatic carbocycles. The van der Waals surface area contributed by atoms with Gasteiger partial charge in [0.15, 0.2) is 0 Å². The van der Waals surface area contributed by atoms with Gasteiger partial charge in [-0.1, -0.05) is 54.6 Å². The molecule has 2 nitrogen and oxygen atoms in total. The number of halogens is 1. The largest absolute Gasteiger partial charge is 0.497 e. The van der Waals surface area contributed by atoms with Crippen molar-refractivity contribution in [2.24, 2.45) is 0 Å². The molecule has 0 aliphatic carbocycles.